The van der Waals surface area contributed by atoms with E-state index in [-0.39, 0.29) is 11.3 Å². The van der Waals surface area contributed by atoms with Gasteiger partial charge >= 0.3 is 5.97 Å². The number of amides is 1. The van der Waals surface area contributed by atoms with Crippen LogP contribution in [0.5, 0.6) is 0 Å². The first-order chi connectivity index (χ1) is 9.84. The summed E-state index contributed by atoms with van der Waals surface area (Å²) >= 11 is 0. The van der Waals surface area contributed by atoms with E-state index in [0.29, 0.717) is 18.8 Å². The first kappa shape index (κ1) is 15.3. The molecule has 5 nitrogen and oxygen atoms in total. The summed E-state index contributed by atoms with van der Waals surface area (Å²) in [6.45, 7) is 2.06. The van der Waals surface area contributed by atoms with E-state index in [0.717, 1.165) is 18.9 Å². The molecule has 1 aliphatic rings. The van der Waals surface area contributed by atoms with Crippen molar-refractivity contribution in [1.82, 2.24) is 5.32 Å². The highest BCUT2D eigenvalue weighted by molar-refractivity contribution is 5.98. The lowest BCUT2D eigenvalue weighted by Crippen LogP contribution is -2.56. The van der Waals surface area contributed by atoms with Gasteiger partial charge in [-0.25, -0.2) is 9.18 Å². The van der Waals surface area contributed by atoms with Gasteiger partial charge in [-0.15, -0.1) is 0 Å². The van der Waals surface area contributed by atoms with E-state index in [4.69, 9.17) is 5.73 Å². The van der Waals surface area contributed by atoms with Gasteiger partial charge in [-0.2, -0.15) is 0 Å². The highest BCUT2D eigenvalue weighted by atomic mass is 19.1. The molecule has 0 unspecified atom stereocenters. The standard InChI is InChI=1S/C15H19FN2O3/c1-9-4-6-15(7-5-9,14(20)21)18-13(19)10-2-3-12(17)11(16)8-10/h2-3,8-9H,4-7,17H2,1H3,(H,18,19)(H,20,21). The van der Waals surface area contributed by atoms with Crippen molar-refractivity contribution in [3.05, 3.63) is 29.6 Å². The maximum absolute atomic E-state index is 13.4. The van der Waals surface area contributed by atoms with Crippen LogP contribution < -0.4 is 11.1 Å². The van der Waals surface area contributed by atoms with Crippen LogP contribution in [0.4, 0.5) is 10.1 Å². The SMILES string of the molecule is CC1CCC(NC(=O)c2ccc(N)c(F)c2)(C(=O)O)CC1. The summed E-state index contributed by atoms with van der Waals surface area (Å²) in [5.41, 5.74) is 4.12. The minimum atomic E-state index is -1.26. The summed E-state index contributed by atoms with van der Waals surface area (Å²) in [6.07, 6.45) is 2.24. The van der Waals surface area contributed by atoms with Crippen molar-refractivity contribution in [2.45, 2.75) is 38.1 Å². The zero-order valence-electron chi connectivity index (χ0n) is 11.9. The fraction of sp³-hybridized carbons (Fsp3) is 0.467. The third-order valence-corrected chi connectivity index (χ3v) is 4.15. The second-order valence-corrected chi connectivity index (χ2v) is 5.76. The number of halogens is 1. The van der Waals surface area contributed by atoms with Gasteiger partial charge in [-0.05, 0) is 49.8 Å². The molecule has 0 saturated heterocycles. The highest BCUT2D eigenvalue weighted by Crippen LogP contribution is 2.32. The van der Waals surface area contributed by atoms with Crippen LogP contribution in [0.3, 0.4) is 0 Å². The second kappa shape index (κ2) is 5.71. The van der Waals surface area contributed by atoms with Crippen LogP contribution in [-0.4, -0.2) is 22.5 Å². The molecule has 1 aromatic rings. The number of nitrogens with two attached hydrogens (primary N) is 1. The molecule has 0 aliphatic heterocycles. The predicted molar refractivity (Wildman–Crippen MR) is 76.3 cm³/mol. The minimum Gasteiger partial charge on any atom is -0.480 e. The Morgan fingerprint density at radius 2 is 2.00 bits per heavy atom. The Bertz CT molecular complexity index is 566. The van der Waals surface area contributed by atoms with E-state index in [1.165, 1.54) is 12.1 Å². The maximum Gasteiger partial charge on any atom is 0.329 e. The van der Waals surface area contributed by atoms with Gasteiger partial charge in [0.15, 0.2) is 0 Å². The molecule has 0 heterocycles. The number of rotatable bonds is 3. The van der Waals surface area contributed by atoms with Gasteiger partial charge in [0.1, 0.15) is 11.4 Å². The highest BCUT2D eigenvalue weighted by Gasteiger charge is 2.42. The largest absolute Gasteiger partial charge is 0.480 e. The lowest BCUT2D eigenvalue weighted by Gasteiger charge is -2.36. The van der Waals surface area contributed by atoms with E-state index < -0.39 is 23.2 Å². The van der Waals surface area contributed by atoms with Crippen LogP contribution in [0.1, 0.15) is 43.0 Å². The number of carboxylic acids is 1. The van der Waals surface area contributed by atoms with Gasteiger partial charge in [0, 0.05) is 5.56 Å². The number of hydrogen-bond donors (Lipinski definition) is 3. The van der Waals surface area contributed by atoms with E-state index in [2.05, 4.69) is 12.2 Å². The van der Waals surface area contributed by atoms with Crippen molar-refractivity contribution in [2.75, 3.05) is 5.73 Å². The fourth-order valence-corrected chi connectivity index (χ4v) is 2.61. The number of benzene rings is 1. The summed E-state index contributed by atoms with van der Waals surface area (Å²) in [4.78, 5) is 23.7. The molecular weight excluding hydrogens is 275 g/mol. The topological polar surface area (TPSA) is 92.4 Å². The first-order valence-corrected chi connectivity index (χ1v) is 6.95. The van der Waals surface area contributed by atoms with Crippen LogP contribution in [0, 0.1) is 11.7 Å². The van der Waals surface area contributed by atoms with Crippen molar-refractivity contribution < 1.29 is 19.1 Å². The van der Waals surface area contributed by atoms with Crippen LogP contribution in [0.25, 0.3) is 0 Å². The molecule has 2 rings (SSSR count). The molecule has 1 fully saturated rings. The van der Waals surface area contributed by atoms with Crippen LogP contribution in [0.15, 0.2) is 18.2 Å². The van der Waals surface area contributed by atoms with E-state index in [9.17, 15) is 19.1 Å². The average Bonchev–Trinajstić information content (AvgIpc) is 2.44. The molecule has 6 heteroatoms. The maximum atomic E-state index is 13.4. The van der Waals surface area contributed by atoms with Gasteiger partial charge in [-0.3, -0.25) is 4.79 Å². The summed E-state index contributed by atoms with van der Waals surface area (Å²) < 4.78 is 13.4. The zero-order chi connectivity index (χ0) is 15.6. The molecule has 1 aliphatic carbocycles. The lowest BCUT2D eigenvalue weighted by atomic mass is 9.77. The molecule has 4 N–H and O–H groups in total. The average molecular weight is 294 g/mol. The molecular formula is C15H19FN2O3. The van der Waals surface area contributed by atoms with Crippen molar-refractivity contribution in [2.24, 2.45) is 5.92 Å². The molecule has 1 saturated carbocycles. The Kier molecular flexibility index (Phi) is 4.16. The molecule has 0 radical (unpaired) electrons. The van der Waals surface area contributed by atoms with Gasteiger partial charge < -0.3 is 16.2 Å². The molecule has 0 bridgehead atoms. The van der Waals surface area contributed by atoms with Crippen molar-refractivity contribution in [3.8, 4) is 0 Å². The molecule has 0 spiro atoms. The van der Waals surface area contributed by atoms with Gasteiger partial charge in [-0.1, -0.05) is 6.92 Å². The zero-order valence-corrected chi connectivity index (χ0v) is 11.9. The number of anilines is 1. The Morgan fingerprint density at radius 1 is 1.38 bits per heavy atom. The lowest BCUT2D eigenvalue weighted by molar-refractivity contribution is -0.146. The monoisotopic (exact) mass is 294 g/mol. The number of aliphatic carboxylic acids is 1. The molecule has 0 atom stereocenters. The van der Waals surface area contributed by atoms with Crippen molar-refractivity contribution in [3.63, 3.8) is 0 Å². The number of nitrogens with one attached hydrogen (secondary N) is 1. The Balaban J connectivity index is 2.19. The van der Waals surface area contributed by atoms with E-state index in [1.807, 2.05) is 0 Å². The molecule has 21 heavy (non-hydrogen) atoms. The normalized spacial score (nSPS) is 25.3. The number of carboxylic acid groups (broad SMARTS) is 1. The van der Waals surface area contributed by atoms with E-state index >= 15 is 0 Å². The Labute approximate surface area is 122 Å². The smallest absolute Gasteiger partial charge is 0.329 e. The third kappa shape index (κ3) is 3.15. The van der Waals surface area contributed by atoms with Crippen molar-refractivity contribution in [1.29, 1.82) is 0 Å². The van der Waals surface area contributed by atoms with Gasteiger partial charge in [0.2, 0.25) is 0 Å². The number of hydrogen-bond acceptors (Lipinski definition) is 3. The number of nitrogen functional groups attached to an aromatic ring is 1. The van der Waals surface area contributed by atoms with Crippen LogP contribution in [0.2, 0.25) is 0 Å². The van der Waals surface area contributed by atoms with Gasteiger partial charge in [0.05, 0.1) is 5.69 Å². The summed E-state index contributed by atoms with van der Waals surface area (Å²) in [5, 5.41) is 12.0. The Morgan fingerprint density at radius 3 is 2.52 bits per heavy atom. The molecule has 1 amide bonds. The van der Waals surface area contributed by atoms with Gasteiger partial charge in [0.25, 0.3) is 5.91 Å². The fourth-order valence-electron chi connectivity index (χ4n) is 2.61. The first-order valence-electron chi connectivity index (χ1n) is 6.95. The number of carbonyl (C=O) groups is 2. The molecule has 1 aromatic carbocycles. The quantitative estimate of drug-likeness (QED) is 0.745. The summed E-state index contributed by atoms with van der Waals surface area (Å²) in [6, 6.07) is 3.70. The molecule has 114 valence electrons. The van der Waals surface area contributed by atoms with Crippen molar-refractivity contribution >= 4 is 17.6 Å². The summed E-state index contributed by atoms with van der Waals surface area (Å²) in [7, 11) is 0. The predicted octanol–water partition coefficient (Wildman–Crippen LogP) is 2.17. The van der Waals surface area contributed by atoms with Crippen LogP contribution in [-0.2, 0) is 4.79 Å². The molecule has 0 aromatic heterocycles. The second-order valence-electron chi connectivity index (χ2n) is 5.76. The minimum absolute atomic E-state index is 0.0500. The summed E-state index contributed by atoms with van der Waals surface area (Å²) in [5.74, 6) is -1.88. The van der Waals surface area contributed by atoms with Crippen LogP contribution >= 0.6 is 0 Å². The number of carbonyl (C=O) groups excluding carboxylic acids is 1. The Hall–Kier alpha value is -2.11. The third-order valence-electron chi connectivity index (χ3n) is 4.15. The van der Waals surface area contributed by atoms with E-state index in [1.54, 1.807) is 0 Å².